The molecule has 0 radical (unpaired) electrons. The van der Waals surface area contributed by atoms with E-state index in [-0.39, 0.29) is 17.6 Å². The first-order chi connectivity index (χ1) is 10.1. The molecule has 2 aliphatic heterocycles. The molecule has 0 aromatic heterocycles. The van der Waals surface area contributed by atoms with Crippen molar-refractivity contribution in [3.63, 3.8) is 0 Å². The highest BCUT2D eigenvalue weighted by atomic mass is 32.2. The Bertz CT molecular complexity index is 401. The average Bonchev–Trinajstić information content (AvgIpc) is 3.10. The molecule has 0 bridgehead atoms. The fourth-order valence-electron chi connectivity index (χ4n) is 3.22. The summed E-state index contributed by atoms with van der Waals surface area (Å²) in [6, 6.07) is 0.158. The summed E-state index contributed by atoms with van der Waals surface area (Å²) < 4.78 is 5.98. The highest BCUT2D eigenvalue weighted by molar-refractivity contribution is 8.14. The van der Waals surface area contributed by atoms with Crippen LogP contribution in [0.15, 0.2) is 4.99 Å². The van der Waals surface area contributed by atoms with Crippen LogP contribution in [-0.2, 0) is 4.74 Å². The predicted octanol–water partition coefficient (Wildman–Crippen LogP) is -0.00170. The van der Waals surface area contributed by atoms with Crippen molar-refractivity contribution in [1.29, 1.82) is 0 Å². The summed E-state index contributed by atoms with van der Waals surface area (Å²) in [5.41, 5.74) is -0.198. The number of amidine groups is 1. The van der Waals surface area contributed by atoms with E-state index in [1.54, 1.807) is 0 Å². The van der Waals surface area contributed by atoms with E-state index in [9.17, 15) is 10.2 Å². The van der Waals surface area contributed by atoms with Crippen molar-refractivity contribution in [3.05, 3.63) is 0 Å². The third-order valence-corrected chi connectivity index (χ3v) is 5.80. The number of nitrogens with zero attached hydrogens (tertiary/aromatic N) is 2. The fraction of sp³-hybridized carbons (Fsp3) is 0.929. The Morgan fingerprint density at radius 3 is 2.67 bits per heavy atom. The maximum Gasteiger partial charge on any atom is 0.161 e. The molecule has 3 rings (SSSR count). The van der Waals surface area contributed by atoms with Gasteiger partial charge in [-0.1, -0.05) is 24.6 Å². The third kappa shape index (κ3) is 3.22. The van der Waals surface area contributed by atoms with Crippen LogP contribution in [0.25, 0.3) is 0 Å². The maximum absolute atomic E-state index is 10.3. The first-order valence-corrected chi connectivity index (χ1v) is 8.61. The highest BCUT2D eigenvalue weighted by Gasteiger charge is 2.48. The third-order valence-electron chi connectivity index (χ3n) is 4.50. The zero-order chi connectivity index (χ0) is 15.0. The molecule has 7 heteroatoms. The van der Waals surface area contributed by atoms with Gasteiger partial charge in [0, 0.05) is 26.7 Å². The minimum Gasteiger partial charge on any atom is -0.388 e. The van der Waals surface area contributed by atoms with Crippen molar-refractivity contribution in [2.75, 3.05) is 20.6 Å². The zero-order valence-electron chi connectivity index (χ0n) is 12.6. The van der Waals surface area contributed by atoms with E-state index in [4.69, 9.17) is 4.74 Å². The predicted molar refractivity (Wildman–Crippen MR) is 83.4 cm³/mol. The van der Waals surface area contributed by atoms with Gasteiger partial charge in [-0.2, -0.15) is 0 Å². The standard InChI is InChI=1S/C14H25N3O3S/c1-17(2)14-16-10-12(19)11(18)9(20-13(10)21-14)7-15-8-5-3-4-6-8/h8-13,15,18-19H,3-7H2,1-2H3/t9-,10-,11-,12-,13-/m1/s1. The van der Waals surface area contributed by atoms with Gasteiger partial charge in [0.1, 0.15) is 29.8 Å². The van der Waals surface area contributed by atoms with Crippen LogP contribution in [0.2, 0.25) is 0 Å². The van der Waals surface area contributed by atoms with Gasteiger partial charge in [-0.25, -0.2) is 0 Å². The molecule has 0 aromatic carbocycles. The van der Waals surface area contributed by atoms with Crippen LogP contribution in [0.4, 0.5) is 0 Å². The molecular weight excluding hydrogens is 290 g/mol. The molecule has 21 heavy (non-hydrogen) atoms. The van der Waals surface area contributed by atoms with Gasteiger partial charge < -0.3 is 25.2 Å². The minimum absolute atomic E-state index is 0.198. The Morgan fingerprint density at radius 2 is 2.00 bits per heavy atom. The molecule has 5 atom stereocenters. The second-order valence-electron chi connectivity index (χ2n) is 6.33. The lowest BCUT2D eigenvalue weighted by atomic mass is 9.98. The molecule has 0 spiro atoms. The van der Waals surface area contributed by atoms with E-state index in [2.05, 4.69) is 10.3 Å². The van der Waals surface area contributed by atoms with E-state index >= 15 is 0 Å². The lowest BCUT2D eigenvalue weighted by Crippen LogP contribution is -2.57. The molecule has 0 unspecified atom stereocenters. The van der Waals surface area contributed by atoms with Gasteiger partial charge in [0.2, 0.25) is 0 Å². The first-order valence-electron chi connectivity index (χ1n) is 7.73. The Balaban J connectivity index is 1.59. The van der Waals surface area contributed by atoms with E-state index in [0.717, 1.165) is 5.17 Å². The van der Waals surface area contributed by atoms with Crippen molar-refractivity contribution in [1.82, 2.24) is 10.2 Å². The second-order valence-corrected chi connectivity index (χ2v) is 7.39. The Kier molecular flexibility index (Phi) is 4.75. The van der Waals surface area contributed by atoms with Crippen LogP contribution in [0, 0.1) is 0 Å². The van der Waals surface area contributed by atoms with Crippen LogP contribution in [0.3, 0.4) is 0 Å². The molecule has 2 fully saturated rings. The summed E-state index contributed by atoms with van der Waals surface area (Å²) in [6.07, 6.45) is 2.82. The summed E-state index contributed by atoms with van der Waals surface area (Å²) >= 11 is 1.53. The summed E-state index contributed by atoms with van der Waals surface area (Å²) in [5, 5.41) is 24.9. The van der Waals surface area contributed by atoms with Gasteiger partial charge in [0.25, 0.3) is 0 Å². The number of hydrogen-bond donors (Lipinski definition) is 3. The number of fused-ring (bicyclic) bond motifs is 1. The topological polar surface area (TPSA) is 77.3 Å². The van der Waals surface area contributed by atoms with Crippen molar-refractivity contribution in [2.24, 2.45) is 4.99 Å². The van der Waals surface area contributed by atoms with E-state index in [0.29, 0.717) is 12.6 Å². The highest BCUT2D eigenvalue weighted by Crippen LogP contribution is 2.36. The Morgan fingerprint density at radius 1 is 1.29 bits per heavy atom. The quantitative estimate of drug-likeness (QED) is 0.680. The number of ether oxygens (including phenoxy) is 1. The first kappa shape index (κ1) is 15.6. The number of rotatable bonds is 3. The lowest BCUT2D eigenvalue weighted by Gasteiger charge is -2.38. The van der Waals surface area contributed by atoms with Crippen LogP contribution in [-0.4, -0.2) is 76.8 Å². The second kappa shape index (κ2) is 6.42. The minimum atomic E-state index is -0.883. The molecule has 0 amide bonds. The molecule has 6 nitrogen and oxygen atoms in total. The SMILES string of the molecule is CN(C)C1=N[C@@H]2[C@@H](O)[C@H](O)[C@@H](CNC3CCCC3)O[C@@H]2S1. The van der Waals surface area contributed by atoms with Gasteiger partial charge in [-0.05, 0) is 12.8 Å². The Hall–Kier alpha value is -0.340. The number of thioether (sulfide) groups is 1. The Labute approximate surface area is 129 Å². The van der Waals surface area contributed by atoms with E-state index in [1.165, 1.54) is 37.4 Å². The molecule has 1 saturated heterocycles. The van der Waals surface area contributed by atoms with Crippen molar-refractivity contribution in [2.45, 2.75) is 61.5 Å². The maximum atomic E-state index is 10.3. The largest absolute Gasteiger partial charge is 0.388 e. The number of hydrogen-bond acceptors (Lipinski definition) is 7. The van der Waals surface area contributed by atoms with Gasteiger partial charge in [0.15, 0.2) is 5.17 Å². The normalized spacial score (nSPS) is 40.2. The van der Waals surface area contributed by atoms with Crippen LogP contribution in [0.5, 0.6) is 0 Å². The van der Waals surface area contributed by atoms with Crippen molar-refractivity contribution >= 4 is 16.9 Å². The van der Waals surface area contributed by atoms with E-state index in [1.807, 2.05) is 19.0 Å². The average molecular weight is 315 g/mol. The summed E-state index contributed by atoms with van der Waals surface area (Å²) in [6.45, 7) is 0.587. The number of nitrogens with one attached hydrogen (secondary N) is 1. The monoisotopic (exact) mass is 315 g/mol. The number of aliphatic imine (C=N–C) groups is 1. The van der Waals surface area contributed by atoms with Crippen LogP contribution < -0.4 is 5.32 Å². The number of aliphatic hydroxyl groups excluding tert-OH is 2. The fourth-order valence-corrected chi connectivity index (χ4v) is 4.38. The van der Waals surface area contributed by atoms with Gasteiger partial charge in [-0.3, -0.25) is 4.99 Å². The summed E-state index contributed by atoms with van der Waals surface area (Å²) in [7, 11) is 3.84. The molecule has 3 aliphatic rings. The van der Waals surface area contributed by atoms with Gasteiger partial charge in [-0.15, -0.1) is 0 Å². The van der Waals surface area contributed by atoms with Gasteiger partial charge in [0.05, 0.1) is 0 Å². The summed E-state index contributed by atoms with van der Waals surface area (Å²) in [4.78, 5) is 6.38. The van der Waals surface area contributed by atoms with Gasteiger partial charge >= 0.3 is 0 Å². The molecular formula is C14H25N3O3S. The molecule has 1 saturated carbocycles. The van der Waals surface area contributed by atoms with Crippen LogP contribution >= 0.6 is 11.8 Å². The molecule has 120 valence electrons. The molecule has 1 aliphatic carbocycles. The lowest BCUT2D eigenvalue weighted by molar-refractivity contribution is -0.151. The number of aliphatic hydroxyl groups is 2. The molecule has 2 heterocycles. The van der Waals surface area contributed by atoms with E-state index < -0.39 is 12.2 Å². The smallest absolute Gasteiger partial charge is 0.161 e. The molecule has 3 N–H and O–H groups in total. The summed E-state index contributed by atoms with van der Waals surface area (Å²) in [5.74, 6) is 0. The van der Waals surface area contributed by atoms with Crippen LogP contribution in [0.1, 0.15) is 25.7 Å². The zero-order valence-corrected chi connectivity index (χ0v) is 13.4. The van der Waals surface area contributed by atoms with Crippen molar-refractivity contribution < 1.29 is 14.9 Å². The van der Waals surface area contributed by atoms with Crippen molar-refractivity contribution in [3.8, 4) is 0 Å². The molecule has 0 aromatic rings.